The van der Waals surface area contributed by atoms with Crippen LogP contribution in [0, 0.1) is 0 Å². The molecule has 0 fully saturated rings. The van der Waals surface area contributed by atoms with Gasteiger partial charge in [0.1, 0.15) is 11.2 Å². The smallest absolute Gasteiger partial charge is 0.345 e. The lowest BCUT2D eigenvalue weighted by Gasteiger charge is -2.25. The standard InChI is InChI=1S/C13H15NO3/c1-4-7-13(5-2)9-6-8-14-11(16-3)10(9)12(15)17-13/h4,6,8H,1,5,7H2,2-3H3/t13-/m1/s1. The predicted octanol–water partition coefficient (Wildman–Crippen LogP) is 2.44. The van der Waals surface area contributed by atoms with Crippen LogP contribution in [0.4, 0.5) is 0 Å². The summed E-state index contributed by atoms with van der Waals surface area (Å²) in [5.74, 6) is -0.0412. The van der Waals surface area contributed by atoms with Gasteiger partial charge in [0.05, 0.1) is 7.11 Å². The Balaban J connectivity index is 2.61. The second-order valence-electron chi connectivity index (χ2n) is 3.97. The van der Waals surface area contributed by atoms with Crippen LogP contribution in [0.1, 0.15) is 35.7 Å². The van der Waals surface area contributed by atoms with Crippen LogP contribution in [-0.2, 0) is 10.3 Å². The topological polar surface area (TPSA) is 48.4 Å². The molecule has 0 aromatic carbocycles. The molecule has 4 nitrogen and oxygen atoms in total. The molecule has 1 aliphatic rings. The van der Waals surface area contributed by atoms with E-state index in [0.29, 0.717) is 24.3 Å². The monoisotopic (exact) mass is 233 g/mol. The lowest BCUT2D eigenvalue weighted by molar-refractivity contribution is -0.00901. The molecule has 2 heterocycles. The Morgan fingerprint density at radius 2 is 2.41 bits per heavy atom. The zero-order chi connectivity index (χ0) is 12.5. The summed E-state index contributed by atoms with van der Waals surface area (Å²) in [4.78, 5) is 15.9. The van der Waals surface area contributed by atoms with Gasteiger partial charge in [-0.2, -0.15) is 0 Å². The number of carbonyl (C=O) groups is 1. The fraction of sp³-hybridized carbons (Fsp3) is 0.385. The highest BCUT2D eigenvalue weighted by molar-refractivity contribution is 5.97. The molecule has 1 atom stereocenters. The molecule has 0 unspecified atom stereocenters. The number of aromatic nitrogens is 1. The molecule has 0 spiro atoms. The van der Waals surface area contributed by atoms with Crippen LogP contribution >= 0.6 is 0 Å². The third kappa shape index (κ3) is 1.60. The van der Waals surface area contributed by atoms with Crippen LogP contribution in [0.3, 0.4) is 0 Å². The molecule has 0 saturated carbocycles. The summed E-state index contributed by atoms with van der Waals surface area (Å²) < 4.78 is 10.6. The first-order valence-electron chi connectivity index (χ1n) is 5.56. The number of rotatable bonds is 4. The SMILES string of the molecule is C=CC[C@@]1(CC)OC(=O)c2c1ccnc2OC. The molecule has 1 aliphatic heterocycles. The highest BCUT2D eigenvalue weighted by atomic mass is 16.6. The van der Waals surface area contributed by atoms with Crippen LogP contribution in [0.25, 0.3) is 0 Å². The van der Waals surface area contributed by atoms with E-state index >= 15 is 0 Å². The van der Waals surface area contributed by atoms with Crippen molar-refractivity contribution in [3.63, 3.8) is 0 Å². The van der Waals surface area contributed by atoms with Crippen molar-refractivity contribution >= 4 is 5.97 Å². The van der Waals surface area contributed by atoms with Gasteiger partial charge in [0.15, 0.2) is 0 Å². The Hall–Kier alpha value is -1.84. The second-order valence-corrected chi connectivity index (χ2v) is 3.97. The molecule has 2 rings (SSSR count). The van der Waals surface area contributed by atoms with Crippen molar-refractivity contribution in [3.8, 4) is 5.88 Å². The number of hydrogen-bond donors (Lipinski definition) is 0. The van der Waals surface area contributed by atoms with Gasteiger partial charge in [-0.05, 0) is 12.5 Å². The minimum Gasteiger partial charge on any atom is -0.480 e. The van der Waals surface area contributed by atoms with E-state index in [1.54, 1.807) is 12.3 Å². The third-order valence-corrected chi connectivity index (χ3v) is 3.14. The molecule has 0 amide bonds. The number of hydrogen-bond acceptors (Lipinski definition) is 4. The number of ether oxygens (including phenoxy) is 2. The molecule has 0 aliphatic carbocycles. The second kappa shape index (κ2) is 4.20. The average Bonchev–Trinajstić information content (AvgIpc) is 2.64. The summed E-state index contributed by atoms with van der Waals surface area (Å²) >= 11 is 0. The van der Waals surface area contributed by atoms with E-state index < -0.39 is 5.60 Å². The quantitative estimate of drug-likeness (QED) is 0.592. The summed E-state index contributed by atoms with van der Waals surface area (Å²) in [7, 11) is 1.50. The van der Waals surface area contributed by atoms with Crippen molar-refractivity contribution < 1.29 is 14.3 Å². The molecule has 17 heavy (non-hydrogen) atoms. The Morgan fingerprint density at radius 1 is 1.65 bits per heavy atom. The lowest BCUT2D eigenvalue weighted by atomic mass is 9.88. The van der Waals surface area contributed by atoms with E-state index in [9.17, 15) is 4.79 Å². The van der Waals surface area contributed by atoms with Gasteiger partial charge in [0.2, 0.25) is 5.88 Å². The molecule has 0 N–H and O–H groups in total. The number of cyclic esters (lactones) is 1. The molecule has 0 bridgehead atoms. The van der Waals surface area contributed by atoms with Crippen molar-refractivity contribution in [1.82, 2.24) is 4.98 Å². The van der Waals surface area contributed by atoms with Crippen molar-refractivity contribution in [3.05, 3.63) is 36.0 Å². The highest BCUT2D eigenvalue weighted by Gasteiger charge is 2.45. The van der Waals surface area contributed by atoms with Crippen molar-refractivity contribution in [2.75, 3.05) is 7.11 Å². The van der Waals surface area contributed by atoms with Crippen LogP contribution in [0.2, 0.25) is 0 Å². The van der Waals surface area contributed by atoms with Crippen molar-refractivity contribution in [2.24, 2.45) is 0 Å². The summed E-state index contributed by atoms with van der Waals surface area (Å²) in [5.41, 5.74) is 0.681. The van der Waals surface area contributed by atoms with Crippen molar-refractivity contribution in [2.45, 2.75) is 25.4 Å². The molecular formula is C13H15NO3. The summed E-state index contributed by atoms with van der Waals surface area (Å²) in [6.45, 7) is 5.70. The van der Waals surface area contributed by atoms with Crippen LogP contribution in [-0.4, -0.2) is 18.1 Å². The summed E-state index contributed by atoms with van der Waals surface area (Å²) in [6, 6.07) is 1.82. The lowest BCUT2D eigenvalue weighted by Crippen LogP contribution is -2.24. The summed E-state index contributed by atoms with van der Waals surface area (Å²) in [6.07, 6.45) is 4.69. The highest BCUT2D eigenvalue weighted by Crippen LogP contribution is 2.44. The van der Waals surface area contributed by atoms with E-state index in [2.05, 4.69) is 11.6 Å². The van der Waals surface area contributed by atoms with Gasteiger partial charge in [-0.1, -0.05) is 13.0 Å². The first-order chi connectivity index (χ1) is 8.18. The van der Waals surface area contributed by atoms with Crippen LogP contribution in [0.5, 0.6) is 5.88 Å². The molecule has 0 saturated heterocycles. The van der Waals surface area contributed by atoms with Crippen molar-refractivity contribution in [1.29, 1.82) is 0 Å². The maximum absolute atomic E-state index is 11.9. The van der Waals surface area contributed by atoms with Gasteiger partial charge in [-0.3, -0.25) is 0 Å². The van der Waals surface area contributed by atoms with E-state index in [-0.39, 0.29) is 5.97 Å². The number of methoxy groups -OCH3 is 1. The van der Waals surface area contributed by atoms with Crippen LogP contribution < -0.4 is 4.74 Å². The van der Waals surface area contributed by atoms with E-state index in [4.69, 9.17) is 9.47 Å². The minimum atomic E-state index is -0.607. The van der Waals surface area contributed by atoms with E-state index in [1.165, 1.54) is 7.11 Å². The average molecular weight is 233 g/mol. The van der Waals surface area contributed by atoms with Gasteiger partial charge >= 0.3 is 5.97 Å². The first kappa shape index (κ1) is 11.6. The van der Waals surface area contributed by atoms with Gasteiger partial charge in [0, 0.05) is 18.2 Å². The fourth-order valence-corrected chi connectivity index (χ4v) is 2.25. The number of pyridine rings is 1. The number of fused-ring (bicyclic) bond motifs is 1. The Labute approximate surface area is 100 Å². The maximum Gasteiger partial charge on any atom is 0.345 e. The number of nitrogens with zero attached hydrogens (tertiary/aromatic N) is 1. The molecular weight excluding hydrogens is 218 g/mol. The Bertz CT molecular complexity index is 470. The van der Waals surface area contributed by atoms with Crippen LogP contribution in [0.15, 0.2) is 24.9 Å². The minimum absolute atomic E-state index is 0.326. The van der Waals surface area contributed by atoms with Gasteiger partial charge < -0.3 is 9.47 Å². The van der Waals surface area contributed by atoms with Gasteiger partial charge in [-0.15, -0.1) is 6.58 Å². The zero-order valence-corrected chi connectivity index (χ0v) is 10.0. The predicted molar refractivity (Wildman–Crippen MR) is 63.0 cm³/mol. The number of carbonyl (C=O) groups excluding carboxylic acids is 1. The number of esters is 1. The van der Waals surface area contributed by atoms with Gasteiger partial charge in [-0.25, -0.2) is 9.78 Å². The molecule has 0 radical (unpaired) electrons. The molecule has 1 aromatic heterocycles. The molecule has 1 aromatic rings. The Morgan fingerprint density at radius 3 is 3.00 bits per heavy atom. The third-order valence-electron chi connectivity index (χ3n) is 3.14. The summed E-state index contributed by atoms with van der Waals surface area (Å²) in [5, 5.41) is 0. The molecule has 90 valence electrons. The zero-order valence-electron chi connectivity index (χ0n) is 10.0. The van der Waals surface area contributed by atoms with Gasteiger partial charge in [0.25, 0.3) is 0 Å². The first-order valence-corrected chi connectivity index (χ1v) is 5.56. The fourth-order valence-electron chi connectivity index (χ4n) is 2.25. The maximum atomic E-state index is 11.9. The largest absolute Gasteiger partial charge is 0.480 e. The normalized spacial score (nSPS) is 21.9. The van der Waals surface area contributed by atoms with E-state index in [0.717, 1.165) is 5.56 Å². The molecule has 4 heteroatoms. The Kier molecular flexibility index (Phi) is 2.88. The van der Waals surface area contributed by atoms with E-state index in [1.807, 2.05) is 13.0 Å².